The summed E-state index contributed by atoms with van der Waals surface area (Å²) in [5.74, 6) is 0.343. The van der Waals surface area contributed by atoms with Gasteiger partial charge in [-0.05, 0) is 42.8 Å². The number of furan rings is 1. The number of hydrogen-bond acceptors (Lipinski definition) is 4. The first-order valence-corrected chi connectivity index (χ1v) is 8.62. The molecule has 0 aliphatic carbocycles. The van der Waals surface area contributed by atoms with E-state index in [-0.39, 0.29) is 17.6 Å². The van der Waals surface area contributed by atoms with Crippen molar-refractivity contribution >= 4 is 23.2 Å². The Morgan fingerprint density at radius 1 is 1.11 bits per heavy atom. The van der Waals surface area contributed by atoms with E-state index in [0.717, 1.165) is 5.56 Å². The Kier molecular flexibility index (Phi) is 4.38. The molecule has 2 aromatic carbocycles. The van der Waals surface area contributed by atoms with Crippen LogP contribution < -0.4 is 15.0 Å². The Bertz CT molecular complexity index is 967. The van der Waals surface area contributed by atoms with Crippen LogP contribution in [0.4, 0.5) is 11.4 Å². The van der Waals surface area contributed by atoms with Crippen LogP contribution in [0.3, 0.4) is 0 Å². The first-order valence-electron chi connectivity index (χ1n) is 8.62. The lowest BCUT2D eigenvalue weighted by Gasteiger charge is -2.33. The zero-order valence-corrected chi connectivity index (χ0v) is 14.7. The highest BCUT2D eigenvalue weighted by molar-refractivity contribution is 6.04. The first-order chi connectivity index (χ1) is 13.1. The fraction of sp³-hybridized carbons (Fsp3) is 0.143. The summed E-state index contributed by atoms with van der Waals surface area (Å²) >= 11 is 0. The highest BCUT2D eigenvalue weighted by Gasteiger charge is 2.31. The number of amides is 2. The van der Waals surface area contributed by atoms with Gasteiger partial charge in [0.15, 0.2) is 11.9 Å². The van der Waals surface area contributed by atoms with Gasteiger partial charge in [-0.25, -0.2) is 0 Å². The summed E-state index contributed by atoms with van der Waals surface area (Å²) in [5, 5.41) is 2.78. The third-order valence-electron chi connectivity index (χ3n) is 4.35. The summed E-state index contributed by atoms with van der Waals surface area (Å²) in [5.41, 5.74) is 2.19. The van der Waals surface area contributed by atoms with Crippen LogP contribution in [0.1, 0.15) is 23.0 Å². The maximum Gasteiger partial charge on any atom is 0.291 e. The van der Waals surface area contributed by atoms with Gasteiger partial charge in [0, 0.05) is 5.69 Å². The second-order valence-corrected chi connectivity index (χ2v) is 6.28. The van der Waals surface area contributed by atoms with E-state index in [4.69, 9.17) is 9.15 Å². The van der Waals surface area contributed by atoms with Crippen LogP contribution in [0.25, 0.3) is 0 Å². The van der Waals surface area contributed by atoms with Crippen LogP contribution in [0.5, 0.6) is 5.75 Å². The molecule has 2 heterocycles. The van der Waals surface area contributed by atoms with Gasteiger partial charge in [0.1, 0.15) is 5.75 Å². The molecule has 136 valence electrons. The third kappa shape index (κ3) is 3.42. The number of nitrogens with zero attached hydrogens (tertiary/aromatic N) is 1. The van der Waals surface area contributed by atoms with Crippen molar-refractivity contribution in [2.75, 3.05) is 10.2 Å². The monoisotopic (exact) mass is 362 g/mol. The van der Waals surface area contributed by atoms with Gasteiger partial charge >= 0.3 is 0 Å². The van der Waals surface area contributed by atoms with Crippen LogP contribution >= 0.6 is 0 Å². The molecule has 0 spiro atoms. The molecule has 27 heavy (non-hydrogen) atoms. The van der Waals surface area contributed by atoms with Crippen LogP contribution in [-0.4, -0.2) is 17.9 Å². The van der Waals surface area contributed by atoms with Gasteiger partial charge in [-0.3, -0.25) is 9.59 Å². The second-order valence-electron chi connectivity index (χ2n) is 6.28. The third-order valence-corrected chi connectivity index (χ3v) is 4.35. The minimum atomic E-state index is -0.565. The summed E-state index contributed by atoms with van der Waals surface area (Å²) in [6.07, 6.45) is 0.877. The highest BCUT2D eigenvalue weighted by atomic mass is 16.5. The van der Waals surface area contributed by atoms with Crippen molar-refractivity contribution in [2.24, 2.45) is 0 Å². The van der Waals surface area contributed by atoms with Crippen molar-refractivity contribution in [3.8, 4) is 5.75 Å². The topological polar surface area (TPSA) is 71.8 Å². The van der Waals surface area contributed by atoms with Crippen LogP contribution in [0.2, 0.25) is 0 Å². The lowest BCUT2D eigenvalue weighted by atomic mass is 10.1. The quantitative estimate of drug-likeness (QED) is 0.765. The molecule has 0 bridgehead atoms. The van der Waals surface area contributed by atoms with Crippen molar-refractivity contribution in [1.29, 1.82) is 0 Å². The lowest BCUT2D eigenvalue weighted by Crippen LogP contribution is -2.44. The van der Waals surface area contributed by atoms with Crippen LogP contribution in [0.15, 0.2) is 71.3 Å². The normalized spacial score (nSPS) is 15.8. The molecule has 1 unspecified atom stereocenters. The summed E-state index contributed by atoms with van der Waals surface area (Å²) in [4.78, 5) is 26.6. The maximum atomic E-state index is 12.7. The predicted molar refractivity (Wildman–Crippen MR) is 101 cm³/mol. The Morgan fingerprint density at radius 3 is 2.67 bits per heavy atom. The van der Waals surface area contributed by atoms with Gasteiger partial charge in [0.05, 0.1) is 18.5 Å². The Hall–Kier alpha value is -3.54. The lowest BCUT2D eigenvalue weighted by molar-refractivity contribution is -0.125. The molecule has 1 aromatic heterocycles. The van der Waals surface area contributed by atoms with E-state index in [1.54, 1.807) is 42.2 Å². The molecule has 2 amide bonds. The second kappa shape index (κ2) is 6.99. The Labute approximate surface area is 156 Å². The molecule has 6 heteroatoms. The summed E-state index contributed by atoms with van der Waals surface area (Å²) < 4.78 is 10.8. The van der Waals surface area contributed by atoms with E-state index in [1.165, 1.54) is 6.26 Å². The van der Waals surface area contributed by atoms with Gasteiger partial charge in [0.25, 0.3) is 11.8 Å². The maximum absolute atomic E-state index is 12.7. The molecule has 1 aliphatic heterocycles. The SMILES string of the molecule is CC1Oc2ccc(NC(=O)c3ccco3)cc2N(Cc2ccccc2)C1=O. The number of carbonyl (C=O) groups is 2. The van der Waals surface area contributed by atoms with Gasteiger partial charge in [0.2, 0.25) is 0 Å². The van der Waals surface area contributed by atoms with Gasteiger partial charge in [-0.2, -0.15) is 0 Å². The van der Waals surface area contributed by atoms with E-state index in [2.05, 4.69) is 5.32 Å². The number of hydrogen-bond donors (Lipinski definition) is 1. The molecule has 1 aliphatic rings. The number of rotatable bonds is 4. The number of nitrogens with one attached hydrogen (secondary N) is 1. The molecule has 3 aromatic rings. The highest BCUT2D eigenvalue weighted by Crippen LogP contribution is 2.37. The minimum absolute atomic E-state index is 0.124. The standard InChI is InChI=1S/C21H18N2O4/c1-14-21(25)23(13-15-6-3-2-4-7-15)17-12-16(9-10-18(17)27-14)22-20(24)19-8-5-11-26-19/h2-12,14H,13H2,1H3,(H,22,24). The molecule has 4 rings (SSSR count). The molecule has 0 radical (unpaired) electrons. The predicted octanol–water partition coefficient (Wildman–Crippen LogP) is 3.85. The Balaban J connectivity index is 1.64. The average molecular weight is 362 g/mol. The molecule has 0 saturated carbocycles. The van der Waals surface area contributed by atoms with E-state index in [0.29, 0.717) is 23.7 Å². The number of carbonyl (C=O) groups excluding carboxylic acids is 2. The average Bonchev–Trinajstić information content (AvgIpc) is 3.22. The Morgan fingerprint density at radius 2 is 1.93 bits per heavy atom. The van der Waals surface area contributed by atoms with Gasteiger partial charge in [-0.1, -0.05) is 30.3 Å². The fourth-order valence-corrected chi connectivity index (χ4v) is 3.01. The summed E-state index contributed by atoms with van der Waals surface area (Å²) in [7, 11) is 0. The van der Waals surface area contributed by atoms with Crippen molar-refractivity contribution in [3.63, 3.8) is 0 Å². The molecular weight excluding hydrogens is 344 g/mol. The number of fused-ring (bicyclic) bond motifs is 1. The fourth-order valence-electron chi connectivity index (χ4n) is 3.01. The van der Waals surface area contributed by atoms with Crippen molar-refractivity contribution < 1.29 is 18.7 Å². The van der Waals surface area contributed by atoms with Gasteiger partial charge < -0.3 is 19.4 Å². The van der Waals surface area contributed by atoms with Crippen LogP contribution in [-0.2, 0) is 11.3 Å². The molecule has 1 N–H and O–H groups in total. The van der Waals surface area contributed by atoms with Crippen LogP contribution in [0, 0.1) is 0 Å². The summed E-state index contributed by atoms with van der Waals surface area (Å²) in [6.45, 7) is 2.16. The van der Waals surface area contributed by atoms with Gasteiger partial charge in [-0.15, -0.1) is 0 Å². The van der Waals surface area contributed by atoms with E-state index in [9.17, 15) is 9.59 Å². The zero-order valence-electron chi connectivity index (χ0n) is 14.7. The minimum Gasteiger partial charge on any atom is -0.479 e. The summed E-state index contributed by atoms with van der Waals surface area (Å²) in [6, 6.07) is 18.2. The van der Waals surface area contributed by atoms with Crippen molar-refractivity contribution in [2.45, 2.75) is 19.6 Å². The number of ether oxygens (including phenoxy) is 1. The first kappa shape index (κ1) is 16.9. The number of benzene rings is 2. The zero-order chi connectivity index (χ0) is 18.8. The molecule has 0 fully saturated rings. The molecule has 6 nitrogen and oxygen atoms in total. The molecule has 1 atom stereocenters. The molecular formula is C21H18N2O4. The van der Waals surface area contributed by atoms with Crippen molar-refractivity contribution in [1.82, 2.24) is 0 Å². The smallest absolute Gasteiger partial charge is 0.291 e. The largest absolute Gasteiger partial charge is 0.479 e. The van der Waals surface area contributed by atoms with E-state index >= 15 is 0 Å². The van der Waals surface area contributed by atoms with E-state index < -0.39 is 6.10 Å². The molecule has 0 saturated heterocycles. The number of anilines is 2. The van der Waals surface area contributed by atoms with E-state index in [1.807, 2.05) is 30.3 Å². The van der Waals surface area contributed by atoms with Crippen molar-refractivity contribution in [3.05, 3.63) is 78.3 Å².